The number of benzene rings is 2. The van der Waals surface area contributed by atoms with Gasteiger partial charge in [-0.05, 0) is 17.9 Å². The Kier molecular flexibility index (Phi) is 8.43. The smallest absolute Gasteiger partial charge is 0.378 e. The quantitative estimate of drug-likeness (QED) is 0.198. The molecule has 206 valence electrons. The van der Waals surface area contributed by atoms with Crippen LogP contribution in [0.25, 0.3) is 16.8 Å². The van der Waals surface area contributed by atoms with E-state index in [1.165, 1.54) is 0 Å². The number of fused-ring (bicyclic) bond motifs is 3. The van der Waals surface area contributed by atoms with Crippen LogP contribution in [0.1, 0.15) is 37.1 Å². The van der Waals surface area contributed by atoms with Crippen LogP contribution in [0.15, 0.2) is 46.7 Å². The van der Waals surface area contributed by atoms with E-state index in [0.29, 0.717) is 36.4 Å². The van der Waals surface area contributed by atoms with Crippen molar-refractivity contribution in [2.24, 2.45) is 0 Å². The zero-order valence-corrected chi connectivity index (χ0v) is 23.1. The molecule has 0 radical (unpaired) electrons. The zero-order valence-electron chi connectivity index (χ0n) is 21.5. The predicted molar refractivity (Wildman–Crippen MR) is 141 cm³/mol. The van der Waals surface area contributed by atoms with E-state index < -0.39 is 26.0 Å². The van der Waals surface area contributed by atoms with Gasteiger partial charge in [0.25, 0.3) is 10.1 Å². The maximum Gasteiger partial charge on any atom is 0.378 e. The first-order valence-corrected chi connectivity index (χ1v) is 15.4. The minimum Gasteiger partial charge on any atom is -0.748 e. The molecule has 13 heteroatoms. The highest BCUT2D eigenvalue weighted by Crippen LogP contribution is 2.44. The minimum atomic E-state index is -4.37. The summed E-state index contributed by atoms with van der Waals surface area (Å²) in [7, 11) is -8.09. The van der Waals surface area contributed by atoms with Crippen LogP contribution in [0.2, 0.25) is 0 Å². The van der Waals surface area contributed by atoms with Crippen molar-refractivity contribution < 1.29 is 39.4 Å². The van der Waals surface area contributed by atoms with E-state index in [4.69, 9.17) is 13.4 Å². The predicted octanol–water partition coefficient (Wildman–Crippen LogP) is 2.73. The largest absolute Gasteiger partial charge is 0.748 e. The molecule has 2 aromatic carbocycles. The summed E-state index contributed by atoms with van der Waals surface area (Å²) in [5, 5.41) is 1.90. The molecule has 0 aliphatic carbocycles. The van der Waals surface area contributed by atoms with Crippen LogP contribution >= 0.6 is 0 Å². The van der Waals surface area contributed by atoms with E-state index >= 15 is 0 Å². The van der Waals surface area contributed by atoms with E-state index in [0.717, 1.165) is 22.2 Å². The fourth-order valence-corrected chi connectivity index (χ4v) is 5.67. The number of rotatable bonds is 12. The molecule has 1 aliphatic heterocycles. The molecule has 0 bridgehead atoms. The summed E-state index contributed by atoms with van der Waals surface area (Å²) in [5.41, 5.74) is 3.96. The third-order valence-electron chi connectivity index (χ3n) is 6.18. The molecule has 3 aromatic rings. The summed E-state index contributed by atoms with van der Waals surface area (Å²) in [5.74, 6) is 1.42. The lowest BCUT2D eigenvalue weighted by Gasteiger charge is -2.19. The van der Waals surface area contributed by atoms with Crippen LogP contribution in [0.3, 0.4) is 0 Å². The van der Waals surface area contributed by atoms with Crippen LogP contribution in [0, 0.1) is 13.8 Å². The van der Waals surface area contributed by atoms with Crippen molar-refractivity contribution in [1.29, 1.82) is 0 Å². The highest BCUT2D eigenvalue weighted by Gasteiger charge is 2.31. The number of oxazole rings is 1. The molecule has 4 rings (SSSR count). The molecule has 0 unspecified atom stereocenters. The Morgan fingerprint density at radius 3 is 2.58 bits per heavy atom. The summed E-state index contributed by atoms with van der Waals surface area (Å²) in [6.07, 6.45) is 2.09. The Morgan fingerprint density at radius 1 is 1.08 bits per heavy atom. The SMILES string of the molecule is CCNOS(=O)(=O)CCC[n+]1c(C=C2Oc3ccc4ccccc4c3N2CCCS(=O)(=O)[O-])oc(C)c1C. The number of hydrogen-bond donors (Lipinski definition) is 1. The van der Waals surface area contributed by atoms with Gasteiger partial charge in [-0.25, -0.2) is 8.42 Å². The van der Waals surface area contributed by atoms with E-state index in [1.807, 2.05) is 59.7 Å². The lowest BCUT2D eigenvalue weighted by atomic mass is 10.1. The monoisotopic (exact) mass is 565 g/mol. The molecular weight excluding hydrogens is 534 g/mol. The van der Waals surface area contributed by atoms with Crippen molar-refractivity contribution in [3.05, 3.63) is 59.6 Å². The van der Waals surface area contributed by atoms with Gasteiger partial charge in [0.05, 0.1) is 21.6 Å². The number of anilines is 1. The van der Waals surface area contributed by atoms with Crippen LogP contribution in [-0.2, 0) is 31.1 Å². The summed E-state index contributed by atoms with van der Waals surface area (Å²) >= 11 is 0. The standard InChI is InChI=1S/C25H31N3O8S2/c1-4-26-36-38(32,33)16-8-13-27-18(2)19(3)34-23(27)17-24-28(14-7-15-37(29,30)31)25-21-10-6-5-9-20(21)11-12-22(25)35-24/h5-6,9-12,17,26H,4,7-8,13-16H2,1-3H3. The third-order valence-corrected chi connectivity index (χ3v) is 8.13. The number of aryl methyl sites for hydroxylation is 1. The normalized spacial score (nSPS) is 14.8. The molecule has 1 aliphatic rings. The van der Waals surface area contributed by atoms with Gasteiger partial charge in [0.2, 0.25) is 11.6 Å². The minimum absolute atomic E-state index is 0.106. The fourth-order valence-electron chi connectivity index (χ4n) is 4.32. The molecule has 11 nitrogen and oxygen atoms in total. The molecule has 1 aromatic heterocycles. The van der Waals surface area contributed by atoms with Gasteiger partial charge >= 0.3 is 5.89 Å². The van der Waals surface area contributed by atoms with Crippen LogP contribution < -0.4 is 19.7 Å². The van der Waals surface area contributed by atoms with Gasteiger partial charge < -0.3 is 18.6 Å². The summed E-state index contributed by atoms with van der Waals surface area (Å²) < 4.78 is 76.6. The van der Waals surface area contributed by atoms with E-state index in [-0.39, 0.29) is 25.1 Å². The third kappa shape index (κ3) is 6.53. The van der Waals surface area contributed by atoms with Crippen LogP contribution in [0.4, 0.5) is 5.69 Å². The number of hydrogen-bond acceptors (Lipinski definition) is 10. The maximum atomic E-state index is 12.1. The fraction of sp³-hybridized carbons (Fsp3) is 0.400. The van der Waals surface area contributed by atoms with Crippen molar-refractivity contribution in [3.8, 4) is 5.75 Å². The molecule has 0 spiro atoms. The summed E-state index contributed by atoms with van der Waals surface area (Å²) in [4.78, 5) is 1.84. The molecule has 0 fully saturated rings. The first-order chi connectivity index (χ1) is 18.0. The van der Waals surface area contributed by atoms with Crippen molar-refractivity contribution in [1.82, 2.24) is 5.48 Å². The van der Waals surface area contributed by atoms with E-state index in [1.54, 1.807) is 13.0 Å². The maximum absolute atomic E-state index is 12.1. The van der Waals surface area contributed by atoms with E-state index in [9.17, 15) is 21.4 Å². The molecule has 0 saturated carbocycles. The average molecular weight is 566 g/mol. The number of nitrogens with zero attached hydrogens (tertiary/aromatic N) is 2. The number of hydroxylamine groups is 1. The Morgan fingerprint density at radius 2 is 1.84 bits per heavy atom. The Balaban J connectivity index is 1.66. The second-order valence-electron chi connectivity index (χ2n) is 8.92. The molecule has 1 N–H and O–H groups in total. The molecule has 0 amide bonds. The first-order valence-electron chi connectivity index (χ1n) is 12.3. The first kappa shape index (κ1) is 28.0. The second-order valence-corrected chi connectivity index (χ2v) is 12.1. The average Bonchev–Trinajstić information content (AvgIpc) is 3.34. The Bertz CT molecular complexity index is 1560. The van der Waals surface area contributed by atoms with Gasteiger partial charge in [0.1, 0.15) is 6.08 Å². The highest BCUT2D eigenvalue weighted by molar-refractivity contribution is 7.86. The Labute approximate surface area is 222 Å². The van der Waals surface area contributed by atoms with Gasteiger partial charge in [-0.2, -0.15) is 22.7 Å². The van der Waals surface area contributed by atoms with E-state index in [2.05, 4.69) is 5.48 Å². The van der Waals surface area contributed by atoms with Crippen molar-refractivity contribution in [2.75, 3.05) is 29.5 Å². The topological polar surface area (TPSA) is 142 Å². The van der Waals surface area contributed by atoms with Crippen molar-refractivity contribution in [2.45, 2.75) is 40.2 Å². The lowest BCUT2D eigenvalue weighted by Crippen LogP contribution is -2.39. The van der Waals surface area contributed by atoms with Gasteiger partial charge in [-0.1, -0.05) is 37.3 Å². The van der Waals surface area contributed by atoms with Gasteiger partial charge in [-0.3, -0.25) is 0 Å². The highest BCUT2D eigenvalue weighted by atomic mass is 32.2. The van der Waals surface area contributed by atoms with Gasteiger partial charge in [-0.15, -0.1) is 0 Å². The van der Waals surface area contributed by atoms with Gasteiger partial charge in [0.15, 0.2) is 18.1 Å². The van der Waals surface area contributed by atoms with Crippen molar-refractivity contribution >= 4 is 42.8 Å². The molecule has 0 atom stereocenters. The molecule has 38 heavy (non-hydrogen) atoms. The zero-order chi connectivity index (χ0) is 27.5. The molecular formula is C25H31N3O8S2. The van der Waals surface area contributed by atoms with Crippen LogP contribution in [-0.4, -0.2) is 46.0 Å². The number of aromatic nitrogens is 1. The van der Waals surface area contributed by atoms with Gasteiger partial charge in [0, 0.05) is 44.5 Å². The summed E-state index contributed by atoms with van der Waals surface area (Å²) in [6, 6.07) is 11.5. The van der Waals surface area contributed by atoms with Crippen LogP contribution in [0.5, 0.6) is 5.75 Å². The number of ether oxygens (including phenoxy) is 1. The summed E-state index contributed by atoms with van der Waals surface area (Å²) in [6.45, 7) is 6.36. The van der Waals surface area contributed by atoms with Crippen molar-refractivity contribution in [3.63, 3.8) is 0 Å². The molecule has 2 heterocycles. The lowest BCUT2D eigenvalue weighted by molar-refractivity contribution is -0.707. The molecule has 0 saturated heterocycles. The Hall–Kier alpha value is -2.97. The number of nitrogens with one attached hydrogen (secondary N) is 1. The second kappa shape index (κ2) is 11.4.